The second kappa shape index (κ2) is 5.65. The molecule has 6 aliphatic carbocycles. The Kier molecular flexibility index (Phi) is 3.45. The molecule has 0 aromatic rings. The smallest absolute Gasteiger partial charge is 0.175 e. The molecule has 29 heavy (non-hydrogen) atoms. The summed E-state index contributed by atoms with van der Waals surface area (Å²) in [6.07, 6.45) is 16.5. The van der Waals surface area contributed by atoms with Gasteiger partial charge in [0.25, 0.3) is 0 Å². The summed E-state index contributed by atoms with van der Waals surface area (Å²) in [5.74, 6) is 6.52. The molecule has 156 valence electrons. The van der Waals surface area contributed by atoms with E-state index >= 15 is 0 Å². The summed E-state index contributed by atoms with van der Waals surface area (Å²) >= 11 is 0. The van der Waals surface area contributed by atoms with Gasteiger partial charge in [0.05, 0.1) is 5.60 Å². The van der Waals surface area contributed by atoms with Crippen molar-refractivity contribution < 1.29 is 14.6 Å². The van der Waals surface area contributed by atoms with Crippen LogP contribution in [0, 0.1) is 52.8 Å². The molecule has 0 aromatic heterocycles. The zero-order chi connectivity index (χ0) is 19.5. The van der Waals surface area contributed by atoms with Crippen LogP contribution in [-0.2, 0) is 9.53 Å². The summed E-state index contributed by atoms with van der Waals surface area (Å²) < 4.78 is 6.43. The summed E-state index contributed by atoms with van der Waals surface area (Å²) in [4.78, 5) is 12.2. The number of ketones is 1. The summed E-state index contributed by atoms with van der Waals surface area (Å²) in [6, 6.07) is 0. The molecule has 4 unspecified atom stereocenters. The molecular weight excluding hydrogens is 360 g/mol. The van der Waals surface area contributed by atoms with E-state index < -0.39 is 6.29 Å². The molecule has 0 aromatic carbocycles. The molecule has 5 saturated carbocycles. The van der Waals surface area contributed by atoms with Gasteiger partial charge in [0, 0.05) is 11.8 Å². The Bertz CT molecular complexity index is 824. The lowest BCUT2D eigenvalue weighted by Gasteiger charge is -2.60. The van der Waals surface area contributed by atoms with E-state index in [-0.39, 0.29) is 11.0 Å². The van der Waals surface area contributed by atoms with Gasteiger partial charge in [-0.05, 0) is 111 Å². The minimum absolute atomic E-state index is 0.200. The number of ether oxygens (including phenoxy) is 1. The number of hydrogen-bond donors (Lipinski definition) is 1. The first-order valence-electron chi connectivity index (χ1n) is 12.4. The fourth-order valence-electron chi connectivity index (χ4n) is 9.77. The fourth-order valence-corrected chi connectivity index (χ4v) is 9.77. The summed E-state index contributed by atoms with van der Waals surface area (Å²) in [7, 11) is 0. The van der Waals surface area contributed by atoms with Crippen molar-refractivity contribution in [1.29, 1.82) is 0 Å². The monoisotopic (exact) mass is 394 g/mol. The summed E-state index contributed by atoms with van der Waals surface area (Å²) in [5.41, 5.74) is 1.54. The number of carbonyl (C=O) groups excluding carboxylic acids is 1. The number of hydrogen-bond acceptors (Lipinski definition) is 3. The molecule has 10 atom stereocenters. The molecule has 3 nitrogen and oxygen atoms in total. The van der Waals surface area contributed by atoms with Gasteiger partial charge < -0.3 is 9.84 Å². The Morgan fingerprint density at radius 1 is 1.17 bits per heavy atom. The maximum absolute atomic E-state index is 12.2. The topological polar surface area (TPSA) is 46.5 Å². The van der Waals surface area contributed by atoms with Crippen LogP contribution >= 0.6 is 0 Å². The van der Waals surface area contributed by atoms with Crippen LogP contribution in [0.5, 0.6) is 0 Å². The van der Waals surface area contributed by atoms with Gasteiger partial charge >= 0.3 is 0 Å². The Morgan fingerprint density at radius 2 is 2.03 bits per heavy atom. The van der Waals surface area contributed by atoms with E-state index in [4.69, 9.17) is 4.74 Å². The van der Waals surface area contributed by atoms with Crippen LogP contribution in [0.3, 0.4) is 0 Å². The zero-order valence-electron chi connectivity index (χ0n) is 17.6. The van der Waals surface area contributed by atoms with Crippen molar-refractivity contribution >= 4 is 5.78 Å². The van der Waals surface area contributed by atoms with Gasteiger partial charge in [0.1, 0.15) is 0 Å². The van der Waals surface area contributed by atoms with Crippen LogP contribution in [0.4, 0.5) is 0 Å². The largest absolute Gasteiger partial charge is 0.365 e. The van der Waals surface area contributed by atoms with Crippen LogP contribution in [-0.4, -0.2) is 22.8 Å². The van der Waals surface area contributed by atoms with Crippen LogP contribution < -0.4 is 0 Å². The molecule has 1 aliphatic heterocycles. The van der Waals surface area contributed by atoms with E-state index in [1.165, 1.54) is 50.5 Å². The van der Waals surface area contributed by atoms with Crippen molar-refractivity contribution in [2.75, 3.05) is 0 Å². The van der Waals surface area contributed by atoms with Gasteiger partial charge in [-0.1, -0.05) is 18.6 Å². The first-order valence-corrected chi connectivity index (χ1v) is 12.4. The average molecular weight is 395 g/mol. The zero-order valence-corrected chi connectivity index (χ0v) is 17.6. The van der Waals surface area contributed by atoms with Gasteiger partial charge in [-0.2, -0.15) is 0 Å². The van der Waals surface area contributed by atoms with Crippen molar-refractivity contribution in [3.8, 4) is 0 Å². The SMILES string of the molecule is CC[C@]12CCC3C(C1[C@@H]1C[C@@H]1[C@@]21C=CC(O)O1)[C@H](C1CC1)CC1=CC(=O)CC[C@@H]13. The van der Waals surface area contributed by atoms with Crippen LogP contribution in [0.15, 0.2) is 23.8 Å². The predicted octanol–water partition coefficient (Wildman–Crippen LogP) is 4.65. The van der Waals surface area contributed by atoms with Gasteiger partial charge in [0.15, 0.2) is 12.1 Å². The number of aliphatic hydroxyl groups is 1. The number of rotatable bonds is 2. The second-order valence-electron chi connectivity index (χ2n) is 11.5. The number of allylic oxidation sites excluding steroid dienone is 1. The third-order valence-corrected chi connectivity index (χ3v) is 10.8. The highest BCUT2D eigenvalue weighted by molar-refractivity contribution is 5.91. The van der Waals surface area contributed by atoms with Gasteiger partial charge in [-0.3, -0.25) is 4.79 Å². The molecule has 0 amide bonds. The fraction of sp³-hybridized carbons (Fsp3) is 0.808. The molecule has 0 bridgehead atoms. The minimum Gasteiger partial charge on any atom is -0.365 e. The minimum atomic E-state index is -0.708. The molecule has 3 heteroatoms. The van der Waals surface area contributed by atoms with Crippen molar-refractivity contribution in [3.63, 3.8) is 0 Å². The standard InChI is InChI=1S/C26H34O3/c1-2-25-9-7-18-17-6-5-16(27)11-15(17)12-19(14-3-4-14)23(18)24(25)20-13-21(20)26(25)10-8-22(28)29-26/h8,10-11,14,17-24,28H,2-7,9,12-13H2,1H3/t17-,18?,19-,20+,21-,22?,23?,24?,25-,26-/m0/s1. The maximum Gasteiger partial charge on any atom is 0.175 e. The normalized spacial score (nSPS) is 57.2. The van der Waals surface area contributed by atoms with E-state index in [0.29, 0.717) is 17.6 Å². The van der Waals surface area contributed by atoms with Gasteiger partial charge in [-0.15, -0.1) is 0 Å². The Balaban J connectivity index is 1.33. The molecular formula is C26H34O3. The van der Waals surface area contributed by atoms with Crippen LogP contribution in [0.2, 0.25) is 0 Å². The summed E-state index contributed by atoms with van der Waals surface area (Å²) in [6.45, 7) is 2.39. The highest BCUT2D eigenvalue weighted by Crippen LogP contribution is 2.79. The molecule has 5 fully saturated rings. The third-order valence-electron chi connectivity index (χ3n) is 10.8. The number of carbonyl (C=O) groups is 1. The molecule has 1 N–H and O–H groups in total. The predicted molar refractivity (Wildman–Crippen MR) is 110 cm³/mol. The van der Waals surface area contributed by atoms with Crippen LogP contribution in [0.1, 0.15) is 64.7 Å². The van der Waals surface area contributed by atoms with Crippen molar-refractivity contribution in [2.45, 2.75) is 76.6 Å². The molecule has 1 heterocycles. The Hall–Kier alpha value is -0.930. The molecule has 7 aliphatic rings. The second-order valence-corrected chi connectivity index (χ2v) is 11.5. The first-order chi connectivity index (χ1) is 14.1. The highest BCUT2D eigenvalue weighted by atomic mass is 16.6. The Labute approximate surface area is 174 Å². The van der Waals surface area contributed by atoms with E-state index in [1.807, 2.05) is 6.08 Å². The van der Waals surface area contributed by atoms with E-state index in [0.717, 1.165) is 48.3 Å². The lowest BCUT2D eigenvalue weighted by molar-refractivity contribution is -0.206. The Morgan fingerprint density at radius 3 is 2.76 bits per heavy atom. The third kappa shape index (κ3) is 2.10. The molecule has 7 rings (SSSR count). The molecule has 0 radical (unpaired) electrons. The van der Waals surface area contributed by atoms with Crippen molar-refractivity contribution in [3.05, 3.63) is 23.8 Å². The highest BCUT2D eigenvalue weighted by Gasteiger charge is 2.78. The van der Waals surface area contributed by atoms with Crippen molar-refractivity contribution in [1.82, 2.24) is 0 Å². The lowest BCUT2D eigenvalue weighted by atomic mass is 9.45. The number of aliphatic hydroxyl groups excluding tert-OH is 1. The van der Waals surface area contributed by atoms with Gasteiger partial charge in [-0.25, -0.2) is 0 Å². The molecule has 1 spiro atoms. The van der Waals surface area contributed by atoms with E-state index in [1.54, 1.807) is 0 Å². The lowest BCUT2D eigenvalue weighted by Crippen LogP contribution is -2.58. The summed E-state index contributed by atoms with van der Waals surface area (Å²) in [5, 5.41) is 10.3. The quantitative estimate of drug-likeness (QED) is 0.693. The van der Waals surface area contributed by atoms with Gasteiger partial charge in [0.2, 0.25) is 0 Å². The van der Waals surface area contributed by atoms with Crippen LogP contribution in [0.25, 0.3) is 0 Å². The number of fused-ring (bicyclic) bond motifs is 9. The van der Waals surface area contributed by atoms with E-state index in [2.05, 4.69) is 19.1 Å². The van der Waals surface area contributed by atoms with Crippen molar-refractivity contribution in [2.24, 2.45) is 52.8 Å². The maximum atomic E-state index is 12.2. The first kappa shape index (κ1) is 17.7. The average Bonchev–Trinajstić information content (AvgIpc) is 3.64. The van der Waals surface area contributed by atoms with E-state index in [9.17, 15) is 9.90 Å². The molecule has 0 saturated heterocycles.